The van der Waals surface area contributed by atoms with E-state index < -0.39 is 0 Å². The molecule has 1 N–H and O–H groups in total. The third-order valence-corrected chi connectivity index (χ3v) is 4.35. The second-order valence-electron chi connectivity index (χ2n) is 5.69. The van der Waals surface area contributed by atoms with Gasteiger partial charge in [-0.05, 0) is 31.7 Å². The van der Waals surface area contributed by atoms with Crippen molar-refractivity contribution in [2.45, 2.75) is 51.7 Å². The lowest BCUT2D eigenvalue weighted by atomic mass is 9.96. The molecule has 0 aliphatic carbocycles. The minimum atomic E-state index is 0.251. The summed E-state index contributed by atoms with van der Waals surface area (Å²) < 4.78 is 0. The van der Waals surface area contributed by atoms with Gasteiger partial charge < -0.3 is 5.32 Å². The van der Waals surface area contributed by atoms with Gasteiger partial charge in [-0.1, -0.05) is 19.4 Å². The highest BCUT2D eigenvalue weighted by atomic mass is 32.1. The Balaban J connectivity index is 2.02. The van der Waals surface area contributed by atoms with Crippen LogP contribution in [0.15, 0.2) is 17.5 Å². The summed E-state index contributed by atoms with van der Waals surface area (Å²) in [5, 5.41) is 5.84. The lowest BCUT2D eigenvalue weighted by Crippen LogP contribution is -2.61. The molecule has 0 spiro atoms. The molecule has 2 nitrogen and oxygen atoms in total. The molecule has 0 bridgehead atoms. The average Bonchev–Trinajstić information content (AvgIpc) is 2.74. The second kappa shape index (κ2) is 5.51. The summed E-state index contributed by atoms with van der Waals surface area (Å²) in [6.07, 6.45) is 2.57. The lowest BCUT2D eigenvalue weighted by Gasteiger charge is -2.44. The fourth-order valence-electron chi connectivity index (χ4n) is 2.62. The Bertz CT molecular complexity index is 332. The summed E-state index contributed by atoms with van der Waals surface area (Å²) in [6, 6.07) is 5.11. The first kappa shape index (κ1) is 13.1. The van der Waals surface area contributed by atoms with Crippen LogP contribution in [0.1, 0.15) is 38.5 Å². The molecule has 1 aliphatic rings. The molecule has 1 aliphatic heterocycles. The number of hydrogen-bond donors (Lipinski definition) is 1. The Morgan fingerprint density at radius 3 is 3.00 bits per heavy atom. The van der Waals surface area contributed by atoms with E-state index in [9.17, 15) is 0 Å². The summed E-state index contributed by atoms with van der Waals surface area (Å²) >= 11 is 1.87. The van der Waals surface area contributed by atoms with Gasteiger partial charge in [0, 0.05) is 36.1 Å². The topological polar surface area (TPSA) is 15.3 Å². The zero-order chi connectivity index (χ0) is 12.3. The Hall–Kier alpha value is -0.380. The SMILES string of the molecule is CCCC1CNC(C)(C)CN1Cc1cccs1. The number of rotatable bonds is 4. The molecule has 3 heteroatoms. The fraction of sp³-hybridized carbons (Fsp3) is 0.714. The minimum Gasteiger partial charge on any atom is -0.309 e. The maximum Gasteiger partial charge on any atom is 0.0332 e. The summed E-state index contributed by atoms with van der Waals surface area (Å²) in [5.41, 5.74) is 0.251. The van der Waals surface area contributed by atoms with Gasteiger partial charge in [-0.15, -0.1) is 11.3 Å². The van der Waals surface area contributed by atoms with E-state index >= 15 is 0 Å². The van der Waals surface area contributed by atoms with Gasteiger partial charge >= 0.3 is 0 Å². The van der Waals surface area contributed by atoms with Gasteiger partial charge in [-0.2, -0.15) is 0 Å². The normalized spacial score (nSPS) is 25.0. The van der Waals surface area contributed by atoms with Crippen molar-refractivity contribution in [1.82, 2.24) is 10.2 Å². The van der Waals surface area contributed by atoms with E-state index in [1.807, 2.05) is 11.3 Å². The lowest BCUT2D eigenvalue weighted by molar-refractivity contribution is 0.0836. The van der Waals surface area contributed by atoms with Crippen LogP contribution < -0.4 is 5.32 Å². The molecule has 96 valence electrons. The van der Waals surface area contributed by atoms with E-state index in [2.05, 4.69) is 48.5 Å². The van der Waals surface area contributed by atoms with Crippen molar-refractivity contribution in [3.05, 3.63) is 22.4 Å². The van der Waals surface area contributed by atoms with Crippen LogP contribution in [0, 0.1) is 0 Å². The van der Waals surface area contributed by atoms with Crippen LogP contribution in [0.2, 0.25) is 0 Å². The van der Waals surface area contributed by atoms with Gasteiger partial charge in [0.15, 0.2) is 0 Å². The van der Waals surface area contributed by atoms with Crippen LogP contribution in [-0.2, 0) is 6.54 Å². The van der Waals surface area contributed by atoms with Crippen molar-refractivity contribution in [1.29, 1.82) is 0 Å². The van der Waals surface area contributed by atoms with Crippen LogP contribution in [0.5, 0.6) is 0 Å². The molecule has 1 aromatic heterocycles. The highest BCUT2D eigenvalue weighted by Gasteiger charge is 2.31. The summed E-state index contributed by atoms with van der Waals surface area (Å²) in [6.45, 7) is 10.3. The Morgan fingerprint density at radius 1 is 1.53 bits per heavy atom. The largest absolute Gasteiger partial charge is 0.309 e. The van der Waals surface area contributed by atoms with Crippen molar-refractivity contribution in [3.63, 3.8) is 0 Å². The fourth-order valence-corrected chi connectivity index (χ4v) is 3.35. The minimum absolute atomic E-state index is 0.251. The van der Waals surface area contributed by atoms with Crippen LogP contribution in [0.25, 0.3) is 0 Å². The quantitative estimate of drug-likeness (QED) is 0.886. The third kappa shape index (κ3) is 3.54. The van der Waals surface area contributed by atoms with E-state index in [1.54, 1.807) is 0 Å². The molecule has 1 saturated heterocycles. The van der Waals surface area contributed by atoms with Gasteiger partial charge in [0.25, 0.3) is 0 Å². The molecule has 1 fully saturated rings. The molecule has 2 rings (SSSR count). The highest BCUT2D eigenvalue weighted by Crippen LogP contribution is 2.22. The summed E-state index contributed by atoms with van der Waals surface area (Å²) in [4.78, 5) is 4.15. The van der Waals surface area contributed by atoms with Crippen LogP contribution in [0.3, 0.4) is 0 Å². The zero-order valence-corrected chi connectivity index (χ0v) is 12.0. The molecular weight excluding hydrogens is 228 g/mol. The van der Waals surface area contributed by atoms with E-state index in [0.29, 0.717) is 6.04 Å². The number of nitrogens with zero attached hydrogens (tertiary/aromatic N) is 1. The first-order valence-electron chi connectivity index (χ1n) is 6.62. The smallest absolute Gasteiger partial charge is 0.0332 e. The highest BCUT2D eigenvalue weighted by molar-refractivity contribution is 7.09. The van der Waals surface area contributed by atoms with Gasteiger partial charge in [0.05, 0.1) is 0 Å². The third-order valence-electron chi connectivity index (χ3n) is 3.49. The van der Waals surface area contributed by atoms with Crippen molar-refractivity contribution < 1.29 is 0 Å². The Kier molecular flexibility index (Phi) is 4.23. The number of piperazine rings is 1. The second-order valence-corrected chi connectivity index (χ2v) is 6.72. The van der Waals surface area contributed by atoms with Crippen LogP contribution in [-0.4, -0.2) is 29.6 Å². The Labute approximate surface area is 109 Å². The summed E-state index contributed by atoms with van der Waals surface area (Å²) in [7, 11) is 0. The molecule has 1 aromatic rings. The molecule has 2 heterocycles. The van der Waals surface area contributed by atoms with E-state index in [1.165, 1.54) is 17.7 Å². The monoisotopic (exact) mass is 252 g/mol. The molecule has 1 unspecified atom stereocenters. The zero-order valence-electron chi connectivity index (χ0n) is 11.2. The van der Waals surface area contributed by atoms with Crippen molar-refractivity contribution in [2.24, 2.45) is 0 Å². The molecule has 0 radical (unpaired) electrons. The van der Waals surface area contributed by atoms with Gasteiger partial charge in [0.1, 0.15) is 0 Å². The van der Waals surface area contributed by atoms with E-state index in [0.717, 1.165) is 19.6 Å². The van der Waals surface area contributed by atoms with E-state index in [4.69, 9.17) is 0 Å². The van der Waals surface area contributed by atoms with Gasteiger partial charge in [-0.3, -0.25) is 4.90 Å². The standard InChI is InChI=1S/C14H24N2S/c1-4-6-12-9-15-14(2,3)11-16(12)10-13-7-5-8-17-13/h5,7-8,12,15H,4,6,9-11H2,1-3H3. The van der Waals surface area contributed by atoms with E-state index in [-0.39, 0.29) is 5.54 Å². The molecule has 1 atom stereocenters. The molecule has 0 amide bonds. The maximum atomic E-state index is 3.66. The first-order chi connectivity index (χ1) is 8.11. The van der Waals surface area contributed by atoms with Crippen LogP contribution >= 0.6 is 11.3 Å². The Morgan fingerprint density at radius 2 is 2.35 bits per heavy atom. The number of nitrogens with one attached hydrogen (secondary N) is 1. The maximum absolute atomic E-state index is 3.66. The number of hydrogen-bond acceptors (Lipinski definition) is 3. The van der Waals surface area contributed by atoms with Gasteiger partial charge in [0.2, 0.25) is 0 Å². The van der Waals surface area contributed by atoms with Crippen LogP contribution in [0.4, 0.5) is 0 Å². The molecule has 0 saturated carbocycles. The average molecular weight is 252 g/mol. The van der Waals surface area contributed by atoms with Gasteiger partial charge in [-0.25, -0.2) is 0 Å². The van der Waals surface area contributed by atoms with Crippen molar-refractivity contribution in [3.8, 4) is 0 Å². The molecule has 0 aromatic carbocycles. The molecule has 17 heavy (non-hydrogen) atoms. The number of thiophene rings is 1. The predicted molar refractivity (Wildman–Crippen MR) is 75.5 cm³/mol. The van der Waals surface area contributed by atoms with Crippen molar-refractivity contribution >= 4 is 11.3 Å². The van der Waals surface area contributed by atoms with Crippen molar-refractivity contribution in [2.75, 3.05) is 13.1 Å². The predicted octanol–water partition coefficient (Wildman–Crippen LogP) is 3.10. The molecular formula is C14H24N2S. The first-order valence-corrected chi connectivity index (χ1v) is 7.50. The summed E-state index contributed by atoms with van der Waals surface area (Å²) in [5.74, 6) is 0.